The second kappa shape index (κ2) is 7.97. The summed E-state index contributed by atoms with van der Waals surface area (Å²) in [7, 11) is 0. The van der Waals surface area contributed by atoms with Crippen molar-refractivity contribution in [3.8, 4) is 0 Å². The van der Waals surface area contributed by atoms with Crippen LogP contribution in [0.1, 0.15) is 44.0 Å². The third-order valence-corrected chi connectivity index (χ3v) is 5.39. The maximum Gasteiger partial charge on any atom is 0.407 e. The molecule has 4 rings (SSSR count). The number of aromatic nitrogens is 3. The highest BCUT2D eigenvalue weighted by Crippen LogP contribution is 2.38. The fourth-order valence-electron chi connectivity index (χ4n) is 4.16. The Bertz CT molecular complexity index is 921. The zero-order chi connectivity index (χ0) is 21.3. The van der Waals surface area contributed by atoms with E-state index in [1.807, 2.05) is 26.8 Å². The van der Waals surface area contributed by atoms with Gasteiger partial charge in [0.25, 0.3) is 0 Å². The van der Waals surface area contributed by atoms with Gasteiger partial charge >= 0.3 is 6.09 Å². The summed E-state index contributed by atoms with van der Waals surface area (Å²) in [4.78, 5) is 27.5. The van der Waals surface area contributed by atoms with Crippen molar-refractivity contribution in [2.45, 2.75) is 64.3 Å². The topological polar surface area (TPSA) is 112 Å². The monoisotopic (exact) mass is 412 g/mol. The molecule has 9 nitrogen and oxygen atoms in total. The Morgan fingerprint density at radius 3 is 2.83 bits per heavy atom. The molecule has 0 radical (unpaired) electrons. The van der Waals surface area contributed by atoms with Crippen LogP contribution in [0.2, 0.25) is 0 Å². The molecule has 2 aromatic rings. The summed E-state index contributed by atoms with van der Waals surface area (Å²) in [5, 5.41) is 16.3. The summed E-state index contributed by atoms with van der Waals surface area (Å²) in [5.41, 5.74) is 3.65. The molecule has 2 aliphatic rings. The van der Waals surface area contributed by atoms with E-state index < -0.39 is 11.7 Å². The molecule has 0 saturated heterocycles. The number of carbonyl (C=O) groups excluding carboxylic acids is 2. The molecule has 2 amide bonds. The van der Waals surface area contributed by atoms with E-state index in [1.54, 1.807) is 6.20 Å². The van der Waals surface area contributed by atoms with E-state index in [0.29, 0.717) is 25.2 Å². The van der Waals surface area contributed by atoms with Crippen LogP contribution >= 0.6 is 0 Å². The van der Waals surface area contributed by atoms with Crippen molar-refractivity contribution < 1.29 is 14.3 Å². The lowest BCUT2D eigenvalue weighted by Crippen LogP contribution is -2.51. The quantitative estimate of drug-likeness (QED) is 0.705. The lowest BCUT2D eigenvalue weighted by Gasteiger charge is -2.30. The third kappa shape index (κ3) is 4.39. The van der Waals surface area contributed by atoms with Gasteiger partial charge in [-0.1, -0.05) is 18.2 Å². The molecule has 160 valence electrons. The number of carbonyl (C=O) groups is 2. The van der Waals surface area contributed by atoms with Crippen LogP contribution in [0.15, 0.2) is 24.4 Å². The van der Waals surface area contributed by atoms with Gasteiger partial charge in [0.05, 0.1) is 18.8 Å². The Balaban J connectivity index is 1.50. The highest BCUT2D eigenvalue weighted by atomic mass is 16.6. The van der Waals surface area contributed by atoms with Crippen molar-refractivity contribution in [1.29, 1.82) is 0 Å². The normalized spacial score (nSPS) is 20.3. The van der Waals surface area contributed by atoms with Crippen LogP contribution in [0.25, 0.3) is 0 Å². The van der Waals surface area contributed by atoms with Crippen LogP contribution in [0.3, 0.4) is 0 Å². The van der Waals surface area contributed by atoms with Gasteiger partial charge in [-0.25, -0.2) is 4.79 Å². The zero-order valence-corrected chi connectivity index (χ0v) is 17.6. The Morgan fingerprint density at radius 2 is 2.10 bits per heavy atom. The predicted octanol–water partition coefficient (Wildman–Crippen LogP) is 1.69. The van der Waals surface area contributed by atoms with Crippen molar-refractivity contribution in [1.82, 2.24) is 26.0 Å². The van der Waals surface area contributed by atoms with Crippen LogP contribution in [0.4, 0.5) is 10.5 Å². The number of amides is 2. The summed E-state index contributed by atoms with van der Waals surface area (Å²) < 4.78 is 5.43. The number of H-pyrrole nitrogens is 1. The number of ether oxygens (including phenoxy) is 1. The number of alkyl carbamates (subject to hydrolysis) is 1. The number of aryl methyl sites for hydroxylation is 1. The van der Waals surface area contributed by atoms with Gasteiger partial charge in [-0.05, 0) is 44.7 Å². The molecule has 2 atom stereocenters. The Morgan fingerprint density at radius 1 is 1.30 bits per heavy atom. The minimum atomic E-state index is -0.553. The summed E-state index contributed by atoms with van der Waals surface area (Å²) in [6, 6.07) is 5.80. The van der Waals surface area contributed by atoms with E-state index in [0.717, 1.165) is 18.5 Å². The average molecular weight is 412 g/mol. The first kappa shape index (κ1) is 20.2. The number of anilines is 1. The highest BCUT2D eigenvalue weighted by molar-refractivity contribution is 5.89. The van der Waals surface area contributed by atoms with E-state index in [2.05, 4.69) is 43.1 Å². The second-order valence-electron chi connectivity index (χ2n) is 8.86. The van der Waals surface area contributed by atoms with Crippen molar-refractivity contribution in [3.05, 3.63) is 41.2 Å². The van der Waals surface area contributed by atoms with Gasteiger partial charge in [-0.3, -0.25) is 4.79 Å². The average Bonchev–Trinajstić information content (AvgIpc) is 3.26. The van der Waals surface area contributed by atoms with Gasteiger partial charge in [0.15, 0.2) is 0 Å². The first-order valence-electron chi connectivity index (χ1n) is 10.3. The number of hydrogen-bond acceptors (Lipinski definition) is 6. The summed E-state index contributed by atoms with van der Waals surface area (Å²) in [5.74, 6) is -0.0573. The van der Waals surface area contributed by atoms with Crippen LogP contribution in [-0.4, -0.2) is 51.6 Å². The molecule has 0 bridgehead atoms. The number of nitrogens with one attached hydrogen (secondary N) is 3. The van der Waals surface area contributed by atoms with E-state index in [9.17, 15) is 9.59 Å². The molecular formula is C21H28N6O3. The van der Waals surface area contributed by atoms with Crippen LogP contribution in [0, 0.1) is 0 Å². The minimum absolute atomic E-state index is 0.0573. The van der Waals surface area contributed by atoms with Gasteiger partial charge in [-0.2, -0.15) is 15.4 Å². The van der Waals surface area contributed by atoms with Crippen molar-refractivity contribution >= 4 is 17.7 Å². The number of aromatic amines is 1. The van der Waals surface area contributed by atoms with Gasteiger partial charge in [0.1, 0.15) is 17.3 Å². The van der Waals surface area contributed by atoms with Crippen molar-refractivity contribution in [2.75, 3.05) is 11.4 Å². The maximum atomic E-state index is 13.0. The van der Waals surface area contributed by atoms with Crippen molar-refractivity contribution in [3.63, 3.8) is 0 Å². The molecule has 0 unspecified atom stereocenters. The Kier molecular flexibility index (Phi) is 5.36. The van der Waals surface area contributed by atoms with Gasteiger partial charge in [0.2, 0.25) is 5.91 Å². The molecule has 30 heavy (non-hydrogen) atoms. The highest BCUT2D eigenvalue weighted by Gasteiger charge is 2.39. The lowest BCUT2D eigenvalue weighted by atomic mass is 10.0. The van der Waals surface area contributed by atoms with Crippen LogP contribution in [-0.2, 0) is 28.9 Å². The molecule has 0 spiro atoms. The number of nitrogens with zero attached hydrogens (tertiary/aromatic N) is 3. The van der Waals surface area contributed by atoms with E-state index >= 15 is 0 Å². The molecule has 1 aromatic heterocycles. The minimum Gasteiger partial charge on any atom is -0.444 e. The lowest BCUT2D eigenvalue weighted by molar-refractivity contribution is -0.122. The SMILES string of the molecule is CC(C)(C)OC(=O)N[C@H]1CCc2cccc3c2N(C1)[C@H](C(=O)NCc1cn[nH]n1)C3. The summed E-state index contributed by atoms with van der Waals surface area (Å²) in [6.45, 7) is 6.42. The summed E-state index contributed by atoms with van der Waals surface area (Å²) >= 11 is 0. The second-order valence-corrected chi connectivity index (χ2v) is 8.86. The first-order valence-corrected chi connectivity index (χ1v) is 10.3. The third-order valence-electron chi connectivity index (χ3n) is 5.39. The molecule has 3 heterocycles. The first-order chi connectivity index (χ1) is 14.3. The number of benzene rings is 1. The number of para-hydroxylation sites is 1. The Hall–Kier alpha value is -3.10. The molecule has 2 aliphatic heterocycles. The molecule has 1 aromatic carbocycles. The fourth-order valence-corrected chi connectivity index (χ4v) is 4.16. The molecule has 0 aliphatic carbocycles. The number of rotatable bonds is 4. The molecule has 3 N–H and O–H groups in total. The van der Waals surface area contributed by atoms with E-state index in [1.165, 1.54) is 11.1 Å². The molecule has 9 heteroatoms. The largest absolute Gasteiger partial charge is 0.444 e. The van der Waals surface area contributed by atoms with Crippen molar-refractivity contribution in [2.24, 2.45) is 0 Å². The van der Waals surface area contributed by atoms with Crippen LogP contribution in [0.5, 0.6) is 0 Å². The standard InChI is InChI=1S/C21H28N6O3/c1-21(2,3)30-20(29)24-15-8-7-13-5-4-6-14-9-17(27(12-15)18(13)14)19(28)22-10-16-11-23-26-25-16/h4-6,11,15,17H,7-10,12H2,1-3H3,(H,22,28)(H,24,29)(H,23,25,26)/t15-,17-/m0/s1. The van der Waals surface area contributed by atoms with Crippen LogP contribution < -0.4 is 15.5 Å². The molecule has 0 fully saturated rings. The fraction of sp³-hybridized carbons (Fsp3) is 0.524. The molecule has 0 saturated carbocycles. The summed E-state index contributed by atoms with van der Waals surface area (Å²) in [6.07, 6.45) is 3.44. The zero-order valence-electron chi connectivity index (χ0n) is 17.6. The van der Waals surface area contributed by atoms with Gasteiger partial charge < -0.3 is 20.3 Å². The smallest absolute Gasteiger partial charge is 0.407 e. The predicted molar refractivity (Wildman–Crippen MR) is 111 cm³/mol. The number of hydrogen-bond donors (Lipinski definition) is 3. The maximum absolute atomic E-state index is 13.0. The Labute approximate surface area is 175 Å². The van der Waals surface area contributed by atoms with E-state index in [-0.39, 0.29) is 18.0 Å². The molecular weight excluding hydrogens is 384 g/mol. The van der Waals surface area contributed by atoms with Gasteiger partial charge in [0, 0.05) is 18.7 Å². The van der Waals surface area contributed by atoms with Gasteiger partial charge in [-0.15, -0.1) is 0 Å². The van der Waals surface area contributed by atoms with E-state index in [4.69, 9.17) is 4.74 Å².